The van der Waals surface area contributed by atoms with Gasteiger partial charge in [0.05, 0.1) is 17.2 Å². The lowest BCUT2D eigenvalue weighted by Gasteiger charge is -2.25. The fourth-order valence-corrected chi connectivity index (χ4v) is 6.27. The van der Waals surface area contributed by atoms with Crippen molar-refractivity contribution in [2.45, 2.75) is 11.8 Å². The first-order chi connectivity index (χ1) is 14.4. The average molecular weight is 507 g/mol. The molecule has 0 atom stereocenters. The second-order valence-electron chi connectivity index (χ2n) is 6.44. The topological polar surface area (TPSA) is 137 Å². The van der Waals surface area contributed by atoms with E-state index in [4.69, 9.17) is 27.9 Å². The highest BCUT2D eigenvalue weighted by Crippen LogP contribution is 2.40. The molecular weight excluding hydrogens is 490 g/mol. The highest BCUT2D eigenvalue weighted by atomic mass is 35.5. The fourth-order valence-electron chi connectivity index (χ4n) is 2.86. The number of hydrogen-bond acceptors (Lipinski definition) is 5. The molecule has 9 nitrogen and oxygen atoms in total. The monoisotopic (exact) mass is 506 g/mol. The Morgan fingerprint density at radius 3 is 2.35 bits per heavy atom. The molecular formula is C18H17Cl2N2O7PS. The van der Waals surface area contributed by atoms with Crippen molar-refractivity contribution in [1.29, 1.82) is 0 Å². The predicted molar refractivity (Wildman–Crippen MR) is 117 cm³/mol. The molecule has 1 aromatic heterocycles. The first kappa shape index (κ1) is 23.6. The number of sulfonamides is 1. The van der Waals surface area contributed by atoms with Crippen LogP contribution in [-0.2, 0) is 19.3 Å². The molecule has 0 aliphatic carbocycles. The molecule has 3 aromatic rings. The molecule has 0 aliphatic heterocycles. The largest absolute Gasteiger partial charge is 0.461 e. The van der Waals surface area contributed by atoms with Gasteiger partial charge in [0.25, 0.3) is 10.0 Å². The molecule has 0 saturated carbocycles. The number of esters is 1. The van der Waals surface area contributed by atoms with E-state index < -0.39 is 29.9 Å². The van der Waals surface area contributed by atoms with Gasteiger partial charge in [-0.3, -0.25) is 8.87 Å². The maximum absolute atomic E-state index is 13.2. The molecule has 2 aromatic carbocycles. The highest BCUT2D eigenvalue weighted by Gasteiger charge is 2.32. The van der Waals surface area contributed by atoms with Crippen molar-refractivity contribution in [3.63, 3.8) is 0 Å². The van der Waals surface area contributed by atoms with E-state index in [0.717, 1.165) is 12.1 Å². The third-order valence-electron chi connectivity index (χ3n) is 4.12. The van der Waals surface area contributed by atoms with Crippen LogP contribution < -0.4 is 4.31 Å². The van der Waals surface area contributed by atoms with Gasteiger partial charge in [0.2, 0.25) is 0 Å². The Labute approximate surface area is 187 Å². The van der Waals surface area contributed by atoms with E-state index in [0.29, 0.717) is 15.2 Å². The van der Waals surface area contributed by atoms with Crippen LogP contribution >= 0.6 is 30.8 Å². The van der Waals surface area contributed by atoms with Gasteiger partial charge in [-0.15, -0.1) is 0 Å². The summed E-state index contributed by atoms with van der Waals surface area (Å²) < 4.78 is 43.7. The number of nitrogens with zero attached hydrogens (tertiary/aromatic N) is 1. The van der Waals surface area contributed by atoms with Crippen LogP contribution in [0.4, 0.5) is 5.69 Å². The smallest absolute Gasteiger partial charge is 0.354 e. The standard InChI is InChI=1S/C18H17Cl2N2O7PS/c1-2-29-18(23)17-6-11-5-14(3-4-16(11)21-17)22(10-30(24,25)26)31(27,28)15-8-12(19)7-13(20)9-15/h3-9,21H,2,10H2,1H3,(H2,24,25,26). The lowest BCUT2D eigenvalue weighted by molar-refractivity contribution is 0.0520. The molecule has 0 spiro atoms. The minimum absolute atomic E-state index is 0.0265. The lowest BCUT2D eigenvalue weighted by Crippen LogP contribution is -2.32. The number of fused-ring (bicyclic) bond motifs is 1. The van der Waals surface area contributed by atoms with Crippen LogP contribution in [-0.4, -0.2) is 42.1 Å². The number of hydrogen-bond donors (Lipinski definition) is 3. The van der Waals surface area contributed by atoms with Gasteiger partial charge < -0.3 is 19.5 Å². The van der Waals surface area contributed by atoms with E-state index >= 15 is 0 Å². The number of carbonyl (C=O) groups is 1. The van der Waals surface area contributed by atoms with Gasteiger partial charge in [-0.1, -0.05) is 23.2 Å². The van der Waals surface area contributed by atoms with E-state index in [-0.39, 0.29) is 32.9 Å². The van der Waals surface area contributed by atoms with Gasteiger partial charge in [-0.05, 0) is 49.4 Å². The van der Waals surface area contributed by atoms with Gasteiger partial charge in [0, 0.05) is 20.9 Å². The van der Waals surface area contributed by atoms with Crippen LogP contribution in [0.5, 0.6) is 0 Å². The Kier molecular flexibility index (Phi) is 6.71. The number of carbonyl (C=O) groups excluding carboxylic acids is 1. The van der Waals surface area contributed by atoms with Crippen molar-refractivity contribution in [2.24, 2.45) is 0 Å². The van der Waals surface area contributed by atoms with Gasteiger partial charge in [0.1, 0.15) is 12.0 Å². The number of aromatic amines is 1. The van der Waals surface area contributed by atoms with E-state index in [1.807, 2.05) is 0 Å². The third kappa shape index (κ3) is 5.41. The summed E-state index contributed by atoms with van der Waals surface area (Å²) in [6.45, 7) is 1.83. The summed E-state index contributed by atoms with van der Waals surface area (Å²) in [5.74, 6) is -0.589. The number of rotatable bonds is 7. The molecule has 31 heavy (non-hydrogen) atoms. The second kappa shape index (κ2) is 8.82. The van der Waals surface area contributed by atoms with Crippen molar-refractivity contribution in [3.8, 4) is 0 Å². The SMILES string of the molecule is CCOC(=O)c1cc2cc(N(CP(=O)(O)O)S(=O)(=O)c3cc(Cl)cc(Cl)c3)ccc2[nH]1. The molecule has 0 amide bonds. The summed E-state index contributed by atoms with van der Waals surface area (Å²) >= 11 is 11.8. The summed E-state index contributed by atoms with van der Waals surface area (Å²) in [4.78, 5) is 33.5. The zero-order chi connectivity index (χ0) is 23.0. The third-order valence-corrected chi connectivity index (χ3v) is 7.16. The average Bonchev–Trinajstić information content (AvgIpc) is 3.08. The zero-order valence-electron chi connectivity index (χ0n) is 15.9. The van der Waals surface area contributed by atoms with Crippen LogP contribution in [0.1, 0.15) is 17.4 Å². The number of ether oxygens (including phenoxy) is 1. The molecule has 0 radical (unpaired) electrons. The van der Waals surface area contributed by atoms with E-state index in [9.17, 15) is 27.6 Å². The Balaban J connectivity index is 2.13. The summed E-state index contributed by atoms with van der Waals surface area (Å²) in [5.41, 5.74) is 0.632. The molecule has 0 fully saturated rings. The molecule has 3 N–H and O–H groups in total. The van der Waals surface area contributed by atoms with Crippen LogP contribution in [0.25, 0.3) is 10.9 Å². The number of anilines is 1. The Morgan fingerprint density at radius 2 is 1.77 bits per heavy atom. The maximum Gasteiger partial charge on any atom is 0.354 e. The maximum atomic E-state index is 13.2. The van der Waals surface area contributed by atoms with Gasteiger partial charge in [0.15, 0.2) is 0 Å². The molecule has 0 unspecified atom stereocenters. The molecule has 3 rings (SSSR count). The van der Waals surface area contributed by atoms with E-state index in [1.165, 1.54) is 30.3 Å². The van der Waals surface area contributed by atoms with Crippen LogP contribution in [0.2, 0.25) is 10.0 Å². The number of benzene rings is 2. The minimum Gasteiger partial charge on any atom is -0.461 e. The molecule has 0 bridgehead atoms. The molecule has 0 aliphatic rings. The highest BCUT2D eigenvalue weighted by molar-refractivity contribution is 7.93. The molecule has 166 valence electrons. The summed E-state index contributed by atoms with van der Waals surface area (Å²) in [6, 6.07) is 9.27. The fraction of sp³-hybridized carbons (Fsp3) is 0.167. The normalized spacial score (nSPS) is 12.2. The van der Waals surface area contributed by atoms with E-state index in [2.05, 4.69) is 4.98 Å². The van der Waals surface area contributed by atoms with Crippen molar-refractivity contribution in [1.82, 2.24) is 4.98 Å². The van der Waals surface area contributed by atoms with Crippen molar-refractivity contribution >= 4 is 63.4 Å². The Bertz CT molecular complexity index is 1280. The zero-order valence-corrected chi connectivity index (χ0v) is 19.2. The second-order valence-corrected chi connectivity index (χ2v) is 10.8. The Hall–Kier alpha value is -2.07. The van der Waals surface area contributed by atoms with Crippen LogP contribution in [0, 0.1) is 0 Å². The van der Waals surface area contributed by atoms with Crippen molar-refractivity contribution in [3.05, 3.63) is 58.2 Å². The number of nitrogens with one attached hydrogen (secondary N) is 1. The van der Waals surface area contributed by atoms with Crippen LogP contribution in [0.3, 0.4) is 0 Å². The van der Waals surface area contributed by atoms with Crippen molar-refractivity contribution in [2.75, 3.05) is 17.2 Å². The molecule has 0 saturated heterocycles. The van der Waals surface area contributed by atoms with Crippen molar-refractivity contribution < 1.29 is 32.3 Å². The Morgan fingerprint density at radius 1 is 1.13 bits per heavy atom. The molecule has 1 heterocycles. The first-order valence-electron chi connectivity index (χ1n) is 8.74. The van der Waals surface area contributed by atoms with Crippen LogP contribution in [0.15, 0.2) is 47.4 Å². The summed E-state index contributed by atoms with van der Waals surface area (Å²) in [7, 11) is -9.26. The van der Waals surface area contributed by atoms with Gasteiger partial charge in [-0.25, -0.2) is 13.2 Å². The first-order valence-corrected chi connectivity index (χ1v) is 12.7. The number of halogens is 2. The molecule has 13 heteroatoms. The summed E-state index contributed by atoms with van der Waals surface area (Å²) in [6.07, 6.45) is -1.11. The quantitative estimate of drug-likeness (QED) is 0.325. The predicted octanol–water partition coefficient (Wildman–Crippen LogP) is 3.98. The lowest BCUT2D eigenvalue weighted by atomic mass is 10.2. The summed E-state index contributed by atoms with van der Waals surface area (Å²) in [5, 5.41) is 0.528. The number of aromatic nitrogens is 1. The minimum atomic E-state index is -4.81. The van der Waals surface area contributed by atoms with E-state index in [1.54, 1.807) is 6.92 Å². The van der Waals surface area contributed by atoms with Gasteiger partial charge in [-0.2, -0.15) is 0 Å². The van der Waals surface area contributed by atoms with Gasteiger partial charge >= 0.3 is 13.6 Å². The number of H-pyrrole nitrogens is 1.